The number of amides is 1. The van der Waals surface area contributed by atoms with E-state index in [1.54, 1.807) is 25.1 Å². The van der Waals surface area contributed by atoms with Crippen molar-refractivity contribution in [2.45, 2.75) is 32.7 Å². The van der Waals surface area contributed by atoms with Gasteiger partial charge in [0.25, 0.3) is 5.91 Å². The Labute approximate surface area is 153 Å². The number of likely N-dealkylation sites (tertiary alicyclic amines) is 1. The molecule has 2 aromatic rings. The second-order valence-electron chi connectivity index (χ2n) is 6.84. The summed E-state index contributed by atoms with van der Waals surface area (Å²) < 4.78 is 27.8. The van der Waals surface area contributed by atoms with Crippen molar-refractivity contribution >= 4 is 5.91 Å². The molecule has 0 aliphatic carbocycles. The highest BCUT2D eigenvalue weighted by atomic mass is 19.1. The highest BCUT2D eigenvalue weighted by molar-refractivity contribution is 5.95. The number of hydrogen-bond acceptors (Lipinski definition) is 2. The molecule has 0 aromatic heterocycles. The van der Waals surface area contributed by atoms with E-state index in [0.717, 1.165) is 32.5 Å². The Hall–Kier alpha value is -2.27. The third-order valence-electron chi connectivity index (χ3n) is 5.08. The van der Waals surface area contributed by atoms with Crippen LogP contribution < -0.4 is 5.32 Å². The van der Waals surface area contributed by atoms with Crippen LogP contribution in [-0.2, 0) is 0 Å². The van der Waals surface area contributed by atoms with Crippen molar-refractivity contribution in [3.8, 4) is 11.1 Å². The van der Waals surface area contributed by atoms with Gasteiger partial charge in [-0.1, -0.05) is 19.1 Å². The second-order valence-corrected chi connectivity index (χ2v) is 6.84. The van der Waals surface area contributed by atoms with Gasteiger partial charge >= 0.3 is 0 Å². The quantitative estimate of drug-likeness (QED) is 0.890. The molecule has 0 spiro atoms. The van der Waals surface area contributed by atoms with E-state index < -0.39 is 5.82 Å². The Balaban J connectivity index is 1.72. The molecule has 2 aromatic carbocycles. The highest BCUT2D eigenvalue weighted by Gasteiger charge is 2.21. The maximum Gasteiger partial charge on any atom is 0.251 e. The van der Waals surface area contributed by atoms with E-state index in [-0.39, 0.29) is 17.8 Å². The lowest BCUT2D eigenvalue weighted by Gasteiger charge is -2.31. The molecule has 1 aliphatic rings. The van der Waals surface area contributed by atoms with Gasteiger partial charge in [-0.2, -0.15) is 0 Å². The minimum absolute atomic E-state index is 0.132. The fourth-order valence-corrected chi connectivity index (χ4v) is 3.47. The first-order valence-corrected chi connectivity index (χ1v) is 9.07. The zero-order valence-corrected chi connectivity index (χ0v) is 15.2. The predicted molar refractivity (Wildman–Crippen MR) is 99.1 cm³/mol. The number of nitrogens with zero attached hydrogens (tertiary/aromatic N) is 1. The molecule has 3 rings (SSSR count). The van der Waals surface area contributed by atoms with Crippen LogP contribution in [-0.4, -0.2) is 36.5 Å². The van der Waals surface area contributed by atoms with Crippen LogP contribution in [0.2, 0.25) is 0 Å². The molecule has 1 fully saturated rings. The first-order valence-electron chi connectivity index (χ1n) is 9.07. The predicted octanol–water partition coefficient (Wildman–Crippen LogP) is 4.15. The molecule has 0 bridgehead atoms. The molecule has 0 saturated carbocycles. The van der Waals surface area contributed by atoms with Crippen molar-refractivity contribution in [1.29, 1.82) is 0 Å². The Morgan fingerprint density at radius 3 is 2.42 bits per heavy atom. The molecule has 1 heterocycles. The summed E-state index contributed by atoms with van der Waals surface area (Å²) in [4.78, 5) is 14.8. The van der Waals surface area contributed by atoms with Crippen LogP contribution in [0.15, 0.2) is 36.4 Å². The summed E-state index contributed by atoms with van der Waals surface area (Å²) in [6.07, 6.45) is 1.82. The molecule has 1 N–H and O–H groups in total. The van der Waals surface area contributed by atoms with Gasteiger partial charge in [-0.15, -0.1) is 0 Å². The molecule has 1 amide bonds. The Morgan fingerprint density at radius 1 is 1.12 bits per heavy atom. The van der Waals surface area contributed by atoms with Gasteiger partial charge in [0, 0.05) is 30.3 Å². The van der Waals surface area contributed by atoms with Crippen molar-refractivity contribution in [2.75, 3.05) is 19.6 Å². The molecular weight excluding hydrogens is 334 g/mol. The fourth-order valence-electron chi connectivity index (χ4n) is 3.47. The molecule has 0 unspecified atom stereocenters. The normalized spacial score (nSPS) is 15.8. The summed E-state index contributed by atoms with van der Waals surface area (Å²) in [5.41, 5.74) is 1.96. The van der Waals surface area contributed by atoms with Crippen LogP contribution in [0.1, 0.15) is 35.7 Å². The largest absolute Gasteiger partial charge is 0.349 e. The Kier molecular flexibility index (Phi) is 5.67. The molecule has 138 valence electrons. The Bertz CT molecular complexity index is 799. The van der Waals surface area contributed by atoms with E-state index in [2.05, 4.69) is 17.1 Å². The lowest BCUT2D eigenvalue weighted by molar-refractivity contribution is 0.0912. The zero-order chi connectivity index (χ0) is 18.7. The number of aryl methyl sites for hydroxylation is 1. The van der Waals surface area contributed by atoms with E-state index in [9.17, 15) is 13.6 Å². The average Bonchev–Trinajstić information content (AvgIpc) is 2.63. The minimum Gasteiger partial charge on any atom is -0.349 e. The molecule has 0 radical (unpaired) electrons. The lowest BCUT2D eigenvalue weighted by atomic mass is 9.98. The number of piperidine rings is 1. The maximum absolute atomic E-state index is 14.6. The zero-order valence-electron chi connectivity index (χ0n) is 15.2. The SMILES string of the molecule is CCN1CCC(NC(=O)c2ccc(-c3ccc(F)cc3C)c(F)c2)CC1. The first kappa shape index (κ1) is 18.5. The van der Waals surface area contributed by atoms with E-state index in [4.69, 9.17) is 0 Å². The number of carbonyl (C=O) groups is 1. The van der Waals surface area contributed by atoms with E-state index in [0.29, 0.717) is 22.3 Å². The van der Waals surface area contributed by atoms with Crippen molar-refractivity contribution in [3.63, 3.8) is 0 Å². The molecule has 1 saturated heterocycles. The first-order chi connectivity index (χ1) is 12.5. The Morgan fingerprint density at radius 2 is 1.81 bits per heavy atom. The minimum atomic E-state index is -0.479. The van der Waals surface area contributed by atoms with Crippen LogP contribution in [0.3, 0.4) is 0 Å². The van der Waals surface area contributed by atoms with Gasteiger partial charge in [-0.3, -0.25) is 4.79 Å². The molecule has 0 atom stereocenters. The molecule has 1 aliphatic heterocycles. The van der Waals surface area contributed by atoms with Crippen molar-refractivity contribution in [2.24, 2.45) is 0 Å². The second kappa shape index (κ2) is 7.96. The van der Waals surface area contributed by atoms with Crippen LogP contribution in [0, 0.1) is 18.6 Å². The number of hydrogen-bond donors (Lipinski definition) is 1. The van der Waals surface area contributed by atoms with Crippen molar-refractivity contribution < 1.29 is 13.6 Å². The van der Waals surface area contributed by atoms with E-state index in [1.165, 1.54) is 18.2 Å². The topological polar surface area (TPSA) is 32.3 Å². The van der Waals surface area contributed by atoms with Gasteiger partial charge in [0.05, 0.1) is 0 Å². The molecular formula is C21H24F2N2O. The number of nitrogens with one attached hydrogen (secondary N) is 1. The number of rotatable bonds is 4. The number of carbonyl (C=O) groups excluding carboxylic acids is 1. The summed E-state index contributed by atoms with van der Waals surface area (Å²) in [6, 6.07) is 8.84. The number of benzene rings is 2. The third-order valence-corrected chi connectivity index (χ3v) is 5.08. The molecule has 3 nitrogen and oxygen atoms in total. The van der Waals surface area contributed by atoms with Crippen LogP contribution in [0.5, 0.6) is 0 Å². The van der Waals surface area contributed by atoms with Crippen molar-refractivity contribution in [3.05, 3.63) is 59.2 Å². The number of halogens is 2. The lowest BCUT2D eigenvalue weighted by Crippen LogP contribution is -2.44. The van der Waals surface area contributed by atoms with E-state index >= 15 is 0 Å². The maximum atomic E-state index is 14.6. The van der Waals surface area contributed by atoms with E-state index in [1.807, 2.05) is 0 Å². The highest BCUT2D eigenvalue weighted by Crippen LogP contribution is 2.27. The third kappa shape index (κ3) is 4.10. The summed E-state index contributed by atoms with van der Waals surface area (Å²) in [5.74, 6) is -1.08. The van der Waals surface area contributed by atoms with Crippen molar-refractivity contribution in [1.82, 2.24) is 10.2 Å². The van der Waals surface area contributed by atoms with Gasteiger partial charge in [0.1, 0.15) is 11.6 Å². The van der Waals surface area contributed by atoms with Crippen LogP contribution >= 0.6 is 0 Å². The van der Waals surface area contributed by atoms with Crippen LogP contribution in [0.4, 0.5) is 8.78 Å². The van der Waals surface area contributed by atoms with Gasteiger partial charge in [0.15, 0.2) is 0 Å². The molecule has 26 heavy (non-hydrogen) atoms. The van der Waals surface area contributed by atoms with Gasteiger partial charge in [0.2, 0.25) is 0 Å². The summed E-state index contributed by atoms with van der Waals surface area (Å²) in [7, 11) is 0. The smallest absolute Gasteiger partial charge is 0.251 e. The van der Waals surface area contributed by atoms with Gasteiger partial charge in [-0.25, -0.2) is 8.78 Å². The summed E-state index contributed by atoms with van der Waals surface area (Å²) in [5, 5.41) is 3.00. The average molecular weight is 358 g/mol. The summed E-state index contributed by atoms with van der Waals surface area (Å²) in [6.45, 7) is 6.83. The summed E-state index contributed by atoms with van der Waals surface area (Å²) >= 11 is 0. The van der Waals surface area contributed by atoms with Crippen LogP contribution in [0.25, 0.3) is 11.1 Å². The fraction of sp³-hybridized carbons (Fsp3) is 0.381. The molecule has 5 heteroatoms. The van der Waals surface area contributed by atoms with Gasteiger partial charge < -0.3 is 10.2 Å². The standard InChI is InChI=1S/C21H24F2N2O/c1-3-25-10-8-17(9-11-25)24-21(26)15-4-6-19(20(23)13-15)18-7-5-16(22)12-14(18)2/h4-7,12-13,17H,3,8-11H2,1-2H3,(H,24,26). The monoisotopic (exact) mass is 358 g/mol. The van der Waals surface area contributed by atoms with Gasteiger partial charge in [-0.05, 0) is 61.7 Å².